The van der Waals surface area contributed by atoms with E-state index in [1.54, 1.807) is 18.2 Å². The van der Waals surface area contributed by atoms with Gasteiger partial charge in [-0.15, -0.1) is 0 Å². The smallest absolute Gasteiger partial charge is 0.257 e. The number of nitrogens with one attached hydrogen (secondary N) is 2. The minimum Gasteiger partial charge on any atom is -0.492 e. The van der Waals surface area contributed by atoms with Crippen LogP contribution in [0.5, 0.6) is 11.5 Å². The maximum atomic E-state index is 12.5. The summed E-state index contributed by atoms with van der Waals surface area (Å²) < 4.78 is 12.1. The minimum absolute atomic E-state index is 0.0780. The van der Waals surface area contributed by atoms with Gasteiger partial charge in [0.2, 0.25) is 0 Å². The summed E-state index contributed by atoms with van der Waals surface area (Å²) in [5.41, 5.74) is 1.22. The monoisotopic (exact) mass is 464 g/mol. The molecule has 0 radical (unpaired) electrons. The standard InChI is InChI=1S/C21H25BrN2O3S/c1-4-5-11-26-19-10-9-15(12-18(19)22)20(25)24-21(28)23-16-7-6-8-17(13-16)27-14(2)3/h6-10,12-14H,4-5,11H2,1-3H3,(H2,23,24,25,28). The zero-order valence-electron chi connectivity index (χ0n) is 16.3. The molecular weight excluding hydrogens is 440 g/mol. The van der Waals surface area contributed by atoms with Crippen molar-refractivity contribution in [2.24, 2.45) is 0 Å². The van der Waals surface area contributed by atoms with E-state index in [2.05, 4.69) is 33.5 Å². The Morgan fingerprint density at radius 1 is 1.21 bits per heavy atom. The summed E-state index contributed by atoms with van der Waals surface area (Å²) in [5.74, 6) is 1.15. The van der Waals surface area contributed by atoms with E-state index in [4.69, 9.17) is 21.7 Å². The molecule has 0 aliphatic rings. The van der Waals surface area contributed by atoms with Gasteiger partial charge in [-0.2, -0.15) is 0 Å². The number of carbonyl (C=O) groups is 1. The maximum absolute atomic E-state index is 12.5. The molecule has 28 heavy (non-hydrogen) atoms. The highest BCUT2D eigenvalue weighted by Gasteiger charge is 2.11. The van der Waals surface area contributed by atoms with Crippen molar-refractivity contribution in [1.29, 1.82) is 0 Å². The maximum Gasteiger partial charge on any atom is 0.257 e. The first-order valence-corrected chi connectivity index (χ1v) is 10.4. The van der Waals surface area contributed by atoms with E-state index < -0.39 is 0 Å². The van der Waals surface area contributed by atoms with Crippen LogP contribution < -0.4 is 20.1 Å². The van der Waals surface area contributed by atoms with Crippen molar-refractivity contribution in [3.8, 4) is 11.5 Å². The van der Waals surface area contributed by atoms with Gasteiger partial charge in [0.25, 0.3) is 5.91 Å². The predicted octanol–water partition coefficient (Wildman–Crippen LogP) is 5.54. The lowest BCUT2D eigenvalue weighted by Crippen LogP contribution is -2.34. The van der Waals surface area contributed by atoms with Gasteiger partial charge in [0.15, 0.2) is 5.11 Å². The Hall–Kier alpha value is -2.12. The van der Waals surface area contributed by atoms with Crippen molar-refractivity contribution in [2.75, 3.05) is 11.9 Å². The average molecular weight is 465 g/mol. The summed E-state index contributed by atoms with van der Waals surface area (Å²) in [7, 11) is 0. The molecular formula is C21H25BrN2O3S. The van der Waals surface area contributed by atoms with Crippen LogP contribution in [-0.4, -0.2) is 23.7 Å². The number of amides is 1. The van der Waals surface area contributed by atoms with Gasteiger partial charge in [-0.3, -0.25) is 10.1 Å². The summed E-state index contributed by atoms with van der Waals surface area (Å²) in [6, 6.07) is 12.6. The number of hydrogen-bond acceptors (Lipinski definition) is 4. The molecule has 0 unspecified atom stereocenters. The zero-order chi connectivity index (χ0) is 20.5. The van der Waals surface area contributed by atoms with E-state index in [9.17, 15) is 4.79 Å². The highest BCUT2D eigenvalue weighted by Crippen LogP contribution is 2.26. The molecule has 0 bridgehead atoms. The minimum atomic E-state index is -0.298. The molecule has 1 amide bonds. The number of rotatable bonds is 8. The Bertz CT molecular complexity index is 827. The highest BCUT2D eigenvalue weighted by molar-refractivity contribution is 9.10. The predicted molar refractivity (Wildman–Crippen MR) is 120 cm³/mol. The Kier molecular flexibility index (Phi) is 8.73. The molecule has 0 spiro atoms. The van der Waals surface area contributed by atoms with Gasteiger partial charge in [-0.05, 0) is 78.7 Å². The van der Waals surface area contributed by atoms with Crippen LogP contribution >= 0.6 is 28.1 Å². The Balaban J connectivity index is 1.95. The number of thiocarbonyl (C=S) groups is 1. The van der Waals surface area contributed by atoms with Crippen LogP contribution in [0.25, 0.3) is 0 Å². The van der Waals surface area contributed by atoms with E-state index >= 15 is 0 Å². The van der Waals surface area contributed by atoms with Gasteiger partial charge < -0.3 is 14.8 Å². The van der Waals surface area contributed by atoms with Gasteiger partial charge in [0, 0.05) is 17.3 Å². The van der Waals surface area contributed by atoms with Crippen molar-refractivity contribution in [3.63, 3.8) is 0 Å². The van der Waals surface area contributed by atoms with Crippen LogP contribution in [0.2, 0.25) is 0 Å². The summed E-state index contributed by atoms with van der Waals surface area (Å²) >= 11 is 8.70. The first-order valence-electron chi connectivity index (χ1n) is 9.20. The molecule has 0 fully saturated rings. The molecule has 150 valence electrons. The van der Waals surface area contributed by atoms with E-state index in [0.29, 0.717) is 17.9 Å². The molecule has 0 aliphatic heterocycles. The number of unbranched alkanes of at least 4 members (excludes halogenated alkanes) is 1. The van der Waals surface area contributed by atoms with Gasteiger partial charge in [0.05, 0.1) is 17.2 Å². The molecule has 5 nitrogen and oxygen atoms in total. The van der Waals surface area contributed by atoms with Crippen molar-refractivity contribution >= 4 is 44.9 Å². The average Bonchev–Trinajstić information content (AvgIpc) is 2.62. The van der Waals surface area contributed by atoms with Crippen molar-refractivity contribution in [1.82, 2.24) is 5.32 Å². The SMILES string of the molecule is CCCCOc1ccc(C(=O)NC(=S)Nc2cccc(OC(C)C)c2)cc1Br. The molecule has 7 heteroatoms. The third kappa shape index (κ3) is 7.13. The fourth-order valence-corrected chi connectivity index (χ4v) is 3.05. The van der Waals surface area contributed by atoms with Crippen LogP contribution in [-0.2, 0) is 0 Å². The quantitative estimate of drug-likeness (QED) is 0.396. The fourth-order valence-electron chi connectivity index (χ4n) is 2.34. The molecule has 0 saturated carbocycles. The molecule has 0 aromatic heterocycles. The van der Waals surface area contributed by atoms with Gasteiger partial charge in [0.1, 0.15) is 11.5 Å². The van der Waals surface area contributed by atoms with Crippen LogP contribution in [0, 0.1) is 0 Å². The third-order valence-electron chi connectivity index (χ3n) is 3.64. The van der Waals surface area contributed by atoms with E-state index in [1.165, 1.54) is 0 Å². The van der Waals surface area contributed by atoms with Crippen molar-refractivity contribution < 1.29 is 14.3 Å². The number of halogens is 1. The molecule has 2 aromatic rings. The van der Waals surface area contributed by atoms with Gasteiger partial charge in [-0.25, -0.2) is 0 Å². The Morgan fingerprint density at radius 2 is 2.00 bits per heavy atom. The molecule has 0 aliphatic carbocycles. The largest absolute Gasteiger partial charge is 0.492 e. The van der Waals surface area contributed by atoms with E-state index in [0.717, 1.165) is 28.8 Å². The van der Waals surface area contributed by atoms with Crippen molar-refractivity contribution in [3.05, 3.63) is 52.5 Å². The molecule has 2 rings (SSSR count). The van der Waals surface area contributed by atoms with E-state index in [-0.39, 0.29) is 17.1 Å². The third-order valence-corrected chi connectivity index (χ3v) is 4.46. The highest BCUT2D eigenvalue weighted by atomic mass is 79.9. The van der Waals surface area contributed by atoms with Crippen LogP contribution in [0.4, 0.5) is 5.69 Å². The van der Waals surface area contributed by atoms with Crippen LogP contribution in [0.3, 0.4) is 0 Å². The number of ether oxygens (including phenoxy) is 2. The molecule has 2 aromatic carbocycles. The first-order chi connectivity index (χ1) is 13.4. The van der Waals surface area contributed by atoms with E-state index in [1.807, 2.05) is 38.1 Å². The second-order valence-corrected chi connectivity index (χ2v) is 7.71. The number of anilines is 1. The topological polar surface area (TPSA) is 59.6 Å². The number of benzene rings is 2. The van der Waals surface area contributed by atoms with Gasteiger partial charge in [-0.1, -0.05) is 19.4 Å². The molecule has 2 N–H and O–H groups in total. The lowest BCUT2D eigenvalue weighted by atomic mass is 10.2. The summed E-state index contributed by atoms with van der Waals surface area (Å²) in [6.07, 6.45) is 2.13. The first kappa shape index (κ1) is 22.2. The van der Waals surface area contributed by atoms with Crippen molar-refractivity contribution in [2.45, 2.75) is 39.7 Å². The lowest BCUT2D eigenvalue weighted by Gasteiger charge is -2.13. The summed E-state index contributed by atoms with van der Waals surface area (Å²) in [5, 5.41) is 5.90. The second kappa shape index (κ2) is 11.0. The number of carbonyl (C=O) groups excluding carboxylic acids is 1. The molecule has 0 atom stereocenters. The normalized spacial score (nSPS) is 10.5. The lowest BCUT2D eigenvalue weighted by molar-refractivity contribution is 0.0977. The van der Waals surface area contributed by atoms with Crippen LogP contribution in [0.1, 0.15) is 44.0 Å². The zero-order valence-corrected chi connectivity index (χ0v) is 18.7. The Labute approximate surface area is 179 Å². The summed E-state index contributed by atoms with van der Waals surface area (Å²) in [4.78, 5) is 12.5. The summed E-state index contributed by atoms with van der Waals surface area (Å²) in [6.45, 7) is 6.68. The fraction of sp³-hybridized carbons (Fsp3) is 0.333. The number of hydrogen-bond donors (Lipinski definition) is 2. The second-order valence-electron chi connectivity index (χ2n) is 6.45. The molecule has 0 heterocycles. The Morgan fingerprint density at radius 3 is 2.68 bits per heavy atom. The molecule has 0 saturated heterocycles. The van der Waals surface area contributed by atoms with Gasteiger partial charge >= 0.3 is 0 Å². The van der Waals surface area contributed by atoms with Crippen LogP contribution in [0.15, 0.2) is 46.9 Å².